The van der Waals surface area contributed by atoms with E-state index in [2.05, 4.69) is 17.6 Å². The van der Waals surface area contributed by atoms with E-state index in [1.54, 1.807) is 0 Å². The highest BCUT2D eigenvalue weighted by Crippen LogP contribution is 2.10. The maximum Gasteiger partial charge on any atom is 0.235 e. The van der Waals surface area contributed by atoms with Gasteiger partial charge in [0.1, 0.15) is 5.75 Å². The number of sulfone groups is 1. The van der Waals surface area contributed by atoms with Gasteiger partial charge in [-0.1, -0.05) is 20.8 Å². The average molecular weight is 313 g/mol. The van der Waals surface area contributed by atoms with E-state index >= 15 is 0 Å². The Morgan fingerprint density at radius 2 is 2.05 bits per heavy atom. The minimum atomic E-state index is -3.28. The van der Waals surface area contributed by atoms with Crippen molar-refractivity contribution in [1.82, 2.24) is 10.6 Å². The first-order valence-electron chi connectivity index (χ1n) is 6.50. The van der Waals surface area contributed by atoms with Crippen molar-refractivity contribution < 1.29 is 13.2 Å². The smallest absolute Gasteiger partial charge is 0.235 e. The second-order valence-electron chi connectivity index (χ2n) is 5.59. The van der Waals surface area contributed by atoms with Gasteiger partial charge in [-0.2, -0.15) is 0 Å². The summed E-state index contributed by atoms with van der Waals surface area (Å²) in [5, 5.41) is 6.08. The van der Waals surface area contributed by atoms with Crippen LogP contribution in [-0.2, 0) is 14.6 Å². The maximum absolute atomic E-state index is 11.7. The average Bonchev–Trinajstić information content (AvgIpc) is 2.18. The van der Waals surface area contributed by atoms with E-state index in [4.69, 9.17) is 0 Å². The van der Waals surface area contributed by atoms with Crippen LogP contribution in [0.15, 0.2) is 0 Å². The first-order chi connectivity index (χ1) is 8.30. The zero-order valence-corrected chi connectivity index (χ0v) is 13.4. The Morgan fingerprint density at radius 1 is 1.42 bits per heavy atom. The van der Waals surface area contributed by atoms with Gasteiger partial charge in [0.2, 0.25) is 5.91 Å². The lowest BCUT2D eigenvalue weighted by Crippen LogP contribution is -2.49. The molecule has 1 saturated heterocycles. The van der Waals surface area contributed by atoms with Crippen LogP contribution in [0.1, 0.15) is 27.2 Å². The predicted molar refractivity (Wildman–Crippen MR) is 79.3 cm³/mol. The highest BCUT2D eigenvalue weighted by molar-refractivity contribution is 7.92. The molecule has 0 spiro atoms. The van der Waals surface area contributed by atoms with Crippen LogP contribution >= 0.6 is 12.4 Å². The van der Waals surface area contributed by atoms with Crippen molar-refractivity contribution >= 4 is 28.2 Å². The molecule has 0 aromatic carbocycles. The molecule has 1 aliphatic heterocycles. The van der Waals surface area contributed by atoms with Gasteiger partial charge in [-0.3, -0.25) is 4.79 Å². The Hall–Kier alpha value is -0.330. The molecular formula is C12H25ClN2O3S. The normalized spacial score (nSPS) is 23.8. The van der Waals surface area contributed by atoms with Gasteiger partial charge >= 0.3 is 0 Å². The van der Waals surface area contributed by atoms with Gasteiger partial charge in [0, 0.05) is 6.04 Å². The number of carbonyl (C=O) groups excluding carboxylic acids is 1. The van der Waals surface area contributed by atoms with Crippen LogP contribution in [-0.4, -0.2) is 45.0 Å². The second kappa shape index (κ2) is 8.07. The summed E-state index contributed by atoms with van der Waals surface area (Å²) in [6, 6.07) is 0.0907. The number of carbonyl (C=O) groups is 1. The SMILES string of the molecule is CC(C)CS(=O)(=O)CC(=O)NC1CCNCC1C.Cl. The van der Waals surface area contributed by atoms with Gasteiger partial charge in [0.25, 0.3) is 0 Å². The monoisotopic (exact) mass is 312 g/mol. The van der Waals surface area contributed by atoms with Crippen molar-refractivity contribution in [2.75, 3.05) is 24.6 Å². The minimum Gasteiger partial charge on any atom is -0.352 e. The Labute approximate surface area is 122 Å². The summed E-state index contributed by atoms with van der Waals surface area (Å²) in [7, 11) is -3.28. The van der Waals surface area contributed by atoms with Crippen molar-refractivity contribution in [1.29, 1.82) is 0 Å². The Morgan fingerprint density at radius 3 is 2.58 bits per heavy atom. The Balaban J connectivity index is 0.00000324. The highest BCUT2D eigenvalue weighted by Gasteiger charge is 2.25. The number of piperidine rings is 1. The summed E-state index contributed by atoms with van der Waals surface area (Å²) in [5.41, 5.74) is 0. The molecule has 0 aromatic heterocycles. The number of amides is 1. The molecular weight excluding hydrogens is 288 g/mol. The fourth-order valence-electron chi connectivity index (χ4n) is 2.24. The summed E-state index contributed by atoms with van der Waals surface area (Å²) >= 11 is 0. The largest absolute Gasteiger partial charge is 0.352 e. The zero-order valence-electron chi connectivity index (χ0n) is 11.8. The standard InChI is InChI=1S/C12H24N2O3S.ClH/c1-9(2)7-18(16,17)8-12(15)14-11-4-5-13-6-10(11)3;/h9-11,13H,4-8H2,1-3H3,(H,14,15);1H. The molecule has 7 heteroatoms. The molecule has 1 rings (SSSR count). The Kier molecular flexibility index (Phi) is 7.93. The highest BCUT2D eigenvalue weighted by atomic mass is 35.5. The lowest BCUT2D eigenvalue weighted by Gasteiger charge is -2.30. The number of hydrogen-bond donors (Lipinski definition) is 2. The van der Waals surface area contributed by atoms with Crippen LogP contribution in [0.3, 0.4) is 0 Å². The fourth-order valence-corrected chi connectivity index (χ4v) is 3.86. The number of halogens is 1. The van der Waals surface area contributed by atoms with E-state index in [1.807, 2.05) is 13.8 Å². The molecule has 1 fully saturated rings. The second-order valence-corrected chi connectivity index (χ2v) is 7.70. The van der Waals surface area contributed by atoms with Gasteiger partial charge in [-0.05, 0) is 31.3 Å². The molecule has 0 aliphatic carbocycles. The number of hydrogen-bond acceptors (Lipinski definition) is 4. The molecule has 1 aliphatic rings. The minimum absolute atomic E-state index is 0. The third-order valence-corrected chi connectivity index (χ3v) is 4.95. The molecule has 0 bridgehead atoms. The van der Waals surface area contributed by atoms with Crippen LogP contribution in [0.2, 0.25) is 0 Å². The number of nitrogens with one attached hydrogen (secondary N) is 2. The molecule has 2 N–H and O–H groups in total. The summed E-state index contributed by atoms with van der Waals surface area (Å²) in [5.74, 6) is -0.283. The molecule has 1 amide bonds. The van der Waals surface area contributed by atoms with Crippen molar-refractivity contribution in [2.45, 2.75) is 33.2 Å². The van der Waals surface area contributed by atoms with Gasteiger partial charge in [0.15, 0.2) is 9.84 Å². The van der Waals surface area contributed by atoms with E-state index in [9.17, 15) is 13.2 Å². The molecule has 19 heavy (non-hydrogen) atoms. The molecule has 2 unspecified atom stereocenters. The van der Waals surface area contributed by atoms with Crippen molar-refractivity contribution in [2.24, 2.45) is 11.8 Å². The molecule has 5 nitrogen and oxygen atoms in total. The van der Waals surface area contributed by atoms with E-state index in [0.717, 1.165) is 19.5 Å². The molecule has 114 valence electrons. The topological polar surface area (TPSA) is 75.3 Å². The maximum atomic E-state index is 11.7. The van der Waals surface area contributed by atoms with E-state index in [0.29, 0.717) is 5.92 Å². The zero-order chi connectivity index (χ0) is 13.8. The van der Waals surface area contributed by atoms with E-state index in [1.165, 1.54) is 0 Å². The molecule has 2 atom stereocenters. The summed E-state index contributed by atoms with van der Waals surface area (Å²) in [6.45, 7) is 7.46. The van der Waals surface area contributed by atoms with Crippen LogP contribution < -0.4 is 10.6 Å². The van der Waals surface area contributed by atoms with E-state index in [-0.39, 0.29) is 41.8 Å². The molecule has 0 saturated carbocycles. The van der Waals surface area contributed by atoms with Crippen molar-refractivity contribution in [3.05, 3.63) is 0 Å². The van der Waals surface area contributed by atoms with Gasteiger partial charge in [-0.15, -0.1) is 12.4 Å². The first kappa shape index (κ1) is 18.7. The predicted octanol–water partition coefficient (Wildman–Crippen LogP) is 0.593. The summed E-state index contributed by atoms with van der Waals surface area (Å²) in [4.78, 5) is 11.7. The van der Waals surface area contributed by atoms with Crippen LogP contribution in [0.25, 0.3) is 0 Å². The quantitative estimate of drug-likeness (QED) is 0.779. The van der Waals surface area contributed by atoms with E-state index < -0.39 is 9.84 Å². The lowest BCUT2D eigenvalue weighted by molar-refractivity contribution is -0.119. The summed E-state index contributed by atoms with van der Waals surface area (Å²) < 4.78 is 23.4. The summed E-state index contributed by atoms with van der Waals surface area (Å²) in [6.07, 6.45) is 0.858. The van der Waals surface area contributed by atoms with Crippen LogP contribution in [0.5, 0.6) is 0 Å². The van der Waals surface area contributed by atoms with Crippen molar-refractivity contribution in [3.63, 3.8) is 0 Å². The first-order valence-corrected chi connectivity index (χ1v) is 8.33. The van der Waals surface area contributed by atoms with Crippen molar-refractivity contribution in [3.8, 4) is 0 Å². The van der Waals surface area contributed by atoms with Gasteiger partial charge in [-0.25, -0.2) is 8.42 Å². The molecule has 0 radical (unpaired) electrons. The molecule has 0 aromatic rings. The third kappa shape index (κ3) is 7.13. The Bertz CT molecular complexity index is 384. The number of rotatable bonds is 5. The van der Waals surface area contributed by atoms with Gasteiger partial charge < -0.3 is 10.6 Å². The third-order valence-electron chi connectivity index (χ3n) is 3.07. The lowest BCUT2D eigenvalue weighted by atomic mass is 9.95. The van der Waals surface area contributed by atoms with Crippen LogP contribution in [0.4, 0.5) is 0 Å². The fraction of sp³-hybridized carbons (Fsp3) is 0.917. The molecule has 1 heterocycles. The van der Waals surface area contributed by atoms with Gasteiger partial charge in [0.05, 0.1) is 5.75 Å². The van der Waals surface area contributed by atoms with Crippen LogP contribution in [0, 0.1) is 11.8 Å².